The molecule has 2 heterocycles. The second kappa shape index (κ2) is 5.86. The minimum atomic E-state index is -0.498. The number of carbonyl (C=O) groups excluding carboxylic acids is 1. The van der Waals surface area contributed by atoms with Gasteiger partial charge in [-0.3, -0.25) is 20.0 Å². The van der Waals surface area contributed by atoms with Crippen LogP contribution in [0, 0.1) is 11.3 Å². The first-order valence-corrected chi connectivity index (χ1v) is 8.42. The molecule has 0 amide bonds. The van der Waals surface area contributed by atoms with Crippen LogP contribution in [0.2, 0.25) is 0 Å². The Morgan fingerprint density at radius 1 is 1.46 bits per heavy atom. The summed E-state index contributed by atoms with van der Waals surface area (Å²) in [6, 6.07) is 1.49. The van der Waals surface area contributed by atoms with E-state index in [0.29, 0.717) is 6.42 Å². The third kappa shape index (κ3) is 2.59. The topological polar surface area (TPSA) is 103 Å². The Morgan fingerprint density at radius 3 is 2.96 bits per heavy atom. The number of carbonyl (C=O) groups is 1. The zero-order chi connectivity index (χ0) is 16.7. The first kappa shape index (κ1) is 15.6. The second-order valence-corrected chi connectivity index (χ2v) is 7.10. The van der Waals surface area contributed by atoms with Crippen molar-refractivity contribution in [2.24, 2.45) is 11.3 Å². The minimum absolute atomic E-state index is 0.0829. The molecular weight excluding hydrogens is 314 g/mol. The minimum Gasteiger partial charge on any atom is -0.463 e. The maximum absolute atomic E-state index is 12.3. The fourth-order valence-electron chi connectivity index (χ4n) is 4.23. The zero-order valence-electron chi connectivity index (χ0n) is 13.3. The highest BCUT2D eigenvalue weighted by Crippen LogP contribution is 2.59. The molecule has 2 atom stereocenters. The number of anilines is 1. The van der Waals surface area contributed by atoms with Crippen LogP contribution in [0.3, 0.4) is 0 Å². The van der Waals surface area contributed by atoms with E-state index in [4.69, 9.17) is 14.7 Å². The molecule has 1 aromatic rings. The number of esters is 1. The van der Waals surface area contributed by atoms with E-state index in [1.807, 2.05) is 5.48 Å². The fourth-order valence-corrected chi connectivity index (χ4v) is 4.23. The van der Waals surface area contributed by atoms with Crippen molar-refractivity contribution in [3.63, 3.8) is 0 Å². The second-order valence-electron chi connectivity index (χ2n) is 7.10. The van der Waals surface area contributed by atoms with Gasteiger partial charge in [0.2, 0.25) is 0 Å². The van der Waals surface area contributed by atoms with Gasteiger partial charge in [0.15, 0.2) is 5.82 Å². The van der Waals surface area contributed by atoms with Crippen LogP contribution in [0.4, 0.5) is 5.82 Å². The molecule has 4 aliphatic rings. The van der Waals surface area contributed by atoms with Crippen LogP contribution in [0.15, 0.2) is 17.1 Å². The monoisotopic (exact) mass is 335 g/mol. The van der Waals surface area contributed by atoms with Crippen LogP contribution in [-0.4, -0.2) is 33.4 Å². The lowest BCUT2D eigenvalue weighted by Crippen LogP contribution is -2.38. The van der Waals surface area contributed by atoms with Crippen molar-refractivity contribution in [1.82, 2.24) is 9.55 Å². The summed E-state index contributed by atoms with van der Waals surface area (Å²) < 4.78 is 12.7. The molecule has 5 rings (SSSR count). The van der Waals surface area contributed by atoms with Gasteiger partial charge in [0.05, 0.1) is 11.5 Å². The molecule has 8 heteroatoms. The van der Waals surface area contributed by atoms with Gasteiger partial charge in [0, 0.05) is 6.20 Å². The molecule has 0 radical (unpaired) electrons. The maximum atomic E-state index is 12.3. The van der Waals surface area contributed by atoms with Crippen molar-refractivity contribution >= 4 is 11.8 Å². The van der Waals surface area contributed by atoms with Crippen molar-refractivity contribution in [3.05, 3.63) is 22.7 Å². The Labute approximate surface area is 138 Å². The van der Waals surface area contributed by atoms with Crippen molar-refractivity contribution in [2.75, 3.05) is 12.1 Å². The van der Waals surface area contributed by atoms with E-state index in [2.05, 4.69) is 4.98 Å². The summed E-state index contributed by atoms with van der Waals surface area (Å²) in [5, 5.41) is 8.76. The molecule has 4 fully saturated rings. The molecule has 1 aromatic heterocycles. The number of nitrogens with zero attached hydrogens (tertiary/aromatic N) is 2. The average molecular weight is 335 g/mol. The summed E-state index contributed by atoms with van der Waals surface area (Å²) in [6.45, 7) is 0.236. The van der Waals surface area contributed by atoms with E-state index in [-0.39, 0.29) is 29.9 Å². The van der Waals surface area contributed by atoms with Crippen LogP contribution < -0.4 is 11.2 Å². The summed E-state index contributed by atoms with van der Waals surface area (Å²) in [4.78, 5) is 27.9. The van der Waals surface area contributed by atoms with Gasteiger partial charge in [0.25, 0.3) is 0 Å². The molecule has 130 valence electrons. The number of hydrogen-bond donors (Lipinski definition) is 2. The third-order valence-electron chi connectivity index (χ3n) is 5.56. The highest BCUT2D eigenvalue weighted by atomic mass is 16.6. The SMILES string of the molecule is O=C(OC[C@@H]1CC[C@H](n2ccc(NO)nc2=O)O1)C12CCC(C1)C2. The number of nitrogens with one attached hydrogen (secondary N) is 1. The summed E-state index contributed by atoms with van der Waals surface area (Å²) in [6.07, 6.45) is 6.35. The Hall–Kier alpha value is -1.93. The summed E-state index contributed by atoms with van der Waals surface area (Å²) in [7, 11) is 0. The number of rotatable bonds is 5. The number of aromatic nitrogens is 2. The number of fused-ring (bicyclic) bond motifs is 1. The number of ether oxygens (including phenoxy) is 2. The fraction of sp³-hybridized carbons (Fsp3) is 0.688. The smallest absolute Gasteiger partial charge is 0.351 e. The van der Waals surface area contributed by atoms with Gasteiger partial charge in [-0.15, -0.1) is 0 Å². The molecule has 0 unspecified atom stereocenters. The molecule has 2 N–H and O–H groups in total. The van der Waals surface area contributed by atoms with Gasteiger partial charge in [-0.1, -0.05) is 0 Å². The normalized spacial score (nSPS) is 34.0. The zero-order valence-corrected chi connectivity index (χ0v) is 13.3. The molecule has 2 bridgehead atoms. The summed E-state index contributed by atoms with van der Waals surface area (Å²) in [5.41, 5.74) is 1.13. The lowest BCUT2D eigenvalue weighted by Gasteiger charge is -2.35. The Kier molecular flexibility index (Phi) is 3.80. The van der Waals surface area contributed by atoms with Gasteiger partial charge in [-0.05, 0) is 50.5 Å². The van der Waals surface area contributed by atoms with E-state index in [0.717, 1.165) is 38.0 Å². The van der Waals surface area contributed by atoms with Crippen molar-refractivity contribution in [2.45, 2.75) is 50.9 Å². The molecule has 0 aromatic carbocycles. The van der Waals surface area contributed by atoms with Crippen molar-refractivity contribution < 1.29 is 19.5 Å². The molecule has 1 aliphatic heterocycles. The largest absolute Gasteiger partial charge is 0.463 e. The van der Waals surface area contributed by atoms with Gasteiger partial charge in [0.1, 0.15) is 12.8 Å². The van der Waals surface area contributed by atoms with E-state index in [1.165, 1.54) is 16.8 Å². The van der Waals surface area contributed by atoms with Gasteiger partial charge in [-0.25, -0.2) is 4.79 Å². The van der Waals surface area contributed by atoms with Crippen LogP contribution >= 0.6 is 0 Å². The van der Waals surface area contributed by atoms with E-state index >= 15 is 0 Å². The first-order chi connectivity index (χ1) is 11.6. The molecule has 24 heavy (non-hydrogen) atoms. The maximum Gasteiger partial charge on any atom is 0.351 e. The molecule has 0 spiro atoms. The lowest BCUT2D eigenvalue weighted by atomic mass is 9.70. The first-order valence-electron chi connectivity index (χ1n) is 8.42. The van der Waals surface area contributed by atoms with E-state index in [1.54, 1.807) is 0 Å². The highest BCUT2D eigenvalue weighted by molar-refractivity contribution is 5.78. The standard InChI is InChI=1S/C16H21N3O5/c20-14(16-5-3-10(7-16)8-16)23-9-11-1-2-13(24-11)19-6-4-12(18-22)17-15(19)21/h4,6,10-11,13,22H,1-3,5,7-9H2,(H,17,18,21)/t10?,11-,13+,16?/m0/s1. The lowest BCUT2D eigenvalue weighted by molar-refractivity contribution is -0.165. The predicted octanol–water partition coefficient (Wildman–Crippen LogP) is 1.46. The molecule has 3 saturated carbocycles. The van der Waals surface area contributed by atoms with Crippen LogP contribution in [0.5, 0.6) is 0 Å². The molecule has 3 aliphatic carbocycles. The Balaban J connectivity index is 1.32. The van der Waals surface area contributed by atoms with Gasteiger partial charge >= 0.3 is 11.7 Å². The molecule has 8 nitrogen and oxygen atoms in total. The van der Waals surface area contributed by atoms with Gasteiger partial charge < -0.3 is 9.47 Å². The van der Waals surface area contributed by atoms with Crippen molar-refractivity contribution in [1.29, 1.82) is 0 Å². The molecule has 1 saturated heterocycles. The van der Waals surface area contributed by atoms with E-state index in [9.17, 15) is 9.59 Å². The Bertz CT molecular complexity index is 692. The van der Waals surface area contributed by atoms with Crippen LogP contribution in [0.1, 0.15) is 44.8 Å². The third-order valence-corrected chi connectivity index (χ3v) is 5.56. The number of hydrogen-bond acceptors (Lipinski definition) is 7. The quantitative estimate of drug-likeness (QED) is 0.620. The van der Waals surface area contributed by atoms with Crippen molar-refractivity contribution in [3.8, 4) is 0 Å². The predicted molar refractivity (Wildman–Crippen MR) is 82.4 cm³/mol. The van der Waals surface area contributed by atoms with Crippen LogP contribution in [0.25, 0.3) is 0 Å². The van der Waals surface area contributed by atoms with Crippen LogP contribution in [-0.2, 0) is 14.3 Å². The summed E-state index contributed by atoms with van der Waals surface area (Å²) in [5.74, 6) is 0.732. The van der Waals surface area contributed by atoms with Gasteiger partial charge in [-0.2, -0.15) is 4.98 Å². The van der Waals surface area contributed by atoms with E-state index < -0.39 is 11.9 Å². The summed E-state index contributed by atoms with van der Waals surface area (Å²) >= 11 is 0. The molecular formula is C16H21N3O5. The average Bonchev–Trinajstić information content (AvgIpc) is 3.27. The Morgan fingerprint density at radius 2 is 2.29 bits per heavy atom. The highest BCUT2D eigenvalue weighted by Gasteiger charge is 2.56.